The summed E-state index contributed by atoms with van der Waals surface area (Å²) in [6.45, 7) is -0.175. The van der Waals surface area contributed by atoms with Gasteiger partial charge in [0, 0.05) is 17.7 Å². The Labute approximate surface area is 157 Å². The van der Waals surface area contributed by atoms with Crippen LogP contribution in [0.1, 0.15) is 5.69 Å². The number of carbonyl (C=O) groups is 1. The number of nitrogens with one attached hydrogen (secondary N) is 1. The second-order valence-electron chi connectivity index (χ2n) is 5.92. The number of hydrogen-bond donors (Lipinski definition) is 1. The number of amides is 1. The van der Waals surface area contributed by atoms with Gasteiger partial charge < -0.3 is 24.1 Å². The Morgan fingerprint density at radius 2 is 1.96 bits per heavy atom. The van der Waals surface area contributed by atoms with Crippen LogP contribution in [0.3, 0.4) is 0 Å². The average Bonchev–Trinajstić information content (AvgIpc) is 3.33. The van der Waals surface area contributed by atoms with E-state index in [4.69, 9.17) is 18.7 Å². The molecule has 0 saturated heterocycles. The van der Waals surface area contributed by atoms with Gasteiger partial charge in [0.05, 0.1) is 12.3 Å². The largest absolute Gasteiger partial charge is 0.454 e. The SMILES string of the molecule is O=C(COCc1cc(-c2ccc3c(c2)OCO3)on1)Nc1cc(F)ccc1F. The molecule has 1 aliphatic rings. The first kappa shape index (κ1) is 17.9. The molecule has 2 aromatic carbocycles. The molecule has 0 saturated carbocycles. The molecule has 0 radical (unpaired) electrons. The van der Waals surface area contributed by atoms with Crippen molar-refractivity contribution in [2.75, 3.05) is 18.7 Å². The van der Waals surface area contributed by atoms with Crippen LogP contribution < -0.4 is 14.8 Å². The molecule has 1 aliphatic heterocycles. The van der Waals surface area contributed by atoms with Crippen molar-refractivity contribution in [2.45, 2.75) is 6.61 Å². The quantitative estimate of drug-likeness (QED) is 0.696. The van der Waals surface area contributed by atoms with Gasteiger partial charge >= 0.3 is 0 Å². The minimum absolute atomic E-state index is 0.00705. The van der Waals surface area contributed by atoms with Crippen LogP contribution in [0, 0.1) is 11.6 Å². The molecule has 1 aromatic heterocycles. The van der Waals surface area contributed by atoms with E-state index >= 15 is 0 Å². The molecule has 28 heavy (non-hydrogen) atoms. The van der Waals surface area contributed by atoms with E-state index in [0.29, 0.717) is 23.0 Å². The Hall–Kier alpha value is -3.46. The molecule has 1 amide bonds. The average molecular weight is 388 g/mol. The van der Waals surface area contributed by atoms with Gasteiger partial charge in [0.25, 0.3) is 0 Å². The maximum atomic E-state index is 13.5. The zero-order valence-electron chi connectivity index (χ0n) is 14.4. The van der Waals surface area contributed by atoms with Crippen LogP contribution in [-0.2, 0) is 16.1 Å². The number of rotatable bonds is 6. The molecule has 144 valence electrons. The van der Waals surface area contributed by atoms with E-state index in [1.165, 1.54) is 0 Å². The molecule has 4 rings (SSSR count). The molecule has 0 atom stereocenters. The summed E-state index contributed by atoms with van der Waals surface area (Å²) in [6, 6.07) is 9.80. The first-order valence-corrected chi connectivity index (χ1v) is 8.27. The summed E-state index contributed by atoms with van der Waals surface area (Å²) in [6.07, 6.45) is 0. The number of aromatic nitrogens is 1. The van der Waals surface area contributed by atoms with Crippen molar-refractivity contribution in [3.63, 3.8) is 0 Å². The maximum Gasteiger partial charge on any atom is 0.250 e. The fourth-order valence-electron chi connectivity index (χ4n) is 2.59. The number of hydrogen-bond acceptors (Lipinski definition) is 6. The van der Waals surface area contributed by atoms with Gasteiger partial charge in [-0.05, 0) is 30.3 Å². The van der Waals surface area contributed by atoms with Crippen LogP contribution in [0.15, 0.2) is 47.0 Å². The topological polar surface area (TPSA) is 82.8 Å². The first-order chi connectivity index (χ1) is 13.6. The van der Waals surface area contributed by atoms with E-state index in [1.807, 2.05) is 0 Å². The standard InChI is InChI=1S/C19H14F2N2O5/c20-12-2-3-14(21)15(6-12)22-19(24)9-25-8-13-7-17(28-23-13)11-1-4-16-18(5-11)27-10-26-16/h1-7H,8-10H2,(H,22,24). The van der Waals surface area contributed by atoms with Crippen molar-refractivity contribution in [2.24, 2.45) is 0 Å². The Balaban J connectivity index is 1.31. The molecule has 1 N–H and O–H groups in total. The van der Waals surface area contributed by atoms with Crippen LogP contribution in [0.2, 0.25) is 0 Å². The van der Waals surface area contributed by atoms with E-state index < -0.39 is 17.5 Å². The van der Waals surface area contributed by atoms with Crippen LogP contribution >= 0.6 is 0 Å². The van der Waals surface area contributed by atoms with E-state index in [0.717, 1.165) is 23.8 Å². The number of halogens is 2. The van der Waals surface area contributed by atoms with Gasteiger partial charge in [-0.1, -0.05) is 5.16 Å². The predicted molar refractivity (Wildman–Crippen MR) is 92.7 cm³/mol. The molecule has 7 nitrogen and oxygen atoms in total. The summed E-state index contributed by atoms with van der Waals surface area (Å²) in [5.41, 5.74) is 0.972. The molecule has 0 aliphatic carbocycles. The highest BCUT2D eigenvalue weighted by Crippen LogP contribution is 2.36. The number of benzene rings is 2. The van der Waals surface area contributed by atoms with Gasteiger partial charge in [0.15, 0.2) is 17.3 Å². The predicted octanol–water partition coefficient (Wildman–Crippen LogP) is 3.50. The minimum Gasteiger partial charge on any atom is -0.454 e. The lowest BCUT2D eigenvalue weighted by Gasteiger charge is -2.06. The third kappa shape index (κ3) is 3.94. The van der Waals surface area contributed by atoms with Crippen molar-refractivity contribution in [3.8, 4) is 22.8 Å². The van der Waals surface area contributed by atoms with Crippen LogP contribution in [0.25, 0.3) is 11.3 Å². The van der Waals surface area contributed by atoms with Crippen LogP contribution in [0.4, 0.5) is 14.5 Å². The van der Waals surface area contributed by atoms with Crippen molar-refractivity contribution >= 4 is 11.6 Å². The monoisotopic (exact) mass is 388 g/mol. The Bertz CT molecular complexity index is 1020. The zero-order valence-corrected chi connectivity index (χ0v) is 14.4. The molecule has 0 spiro atoms. The van der Waals surface area contributed by atoms with Crippen LogP contribution in [-0.4, -0.2) is 24.5 Å². The molecule has 2 heterocycles. The van der Waals surface area contributed by atoms with E-state index in [2.05, 4.69) is 10.5 Å². The molecular formula is C19H14F2N2O5. The van der Waals surface area contributed by atoms with Gasteiger partial charge in [0.2, 0.25) is 12.7 Å². The molecule has 3 aromatic rings. The molecule has 0 bridgehead atoms. The third-order valence-corrected chi connectivity index (χ3v) is 3.90. The summed E-state index contributed by atoms with van der Waals surface area (Å²) in [7, 11) is 0. The van der Waals surface area contributed by atoms with Gasteiger partial charge in [-0.2, -0.15) is 0 Å². The lowest BCUT2D eigenvalue weighted by molar-refractivity contribution is -0.121. The van der Waals surface area contributed by atoms with E-state index in [1.54, 1.807) is 24.3 Å². The normalized spacial score (nSPS) is 12.2. The highest BCUT2D eigenvalue weighted by molar-refractivity contribution is 5.91. The van der Waals surface area contributed by atoms with Gasteiger partial charge in [-0.25, -0.2) is 8.78 Å². The number of anilines is 1. The highest BCUT2D eigenvalue weighted by Gasteiger charge is 2.16. The summed E-state index contributed by atoms with van der Waals surface area (Å²) in [5, 5.41) is 6.12. The second-order valence-corrected chi connectivity index (χ2v) is 5.92. The smallest absolute Gasteiger partial charge is 0.250 e. The summed E-state index contributed by atoms with van der Waals surface area (Å²) < 4.78 is 47.7. The van der Waals surface area contributed by atoms with Gasteiger partial charge in [-0.15, -0.1) is 0 Å². The molecule has 9 heteroatoms. The Morgan fingerprint density at radius 3 is 2.86 bits per heavy atom. The van der Waals surface area contributed by atoms with Crippen molar-refractivity contribution in [3.05, 3.63) is 59.8 Å². The van der Waals surface area contributed by atoms with Crippen molar-refractivity contribution in [1.29, 1.82) is 0 Å². The van der Waals surface area contributed by atoms with Crippen molar-refractivity contribution in [1.82, 2.24) is 5.16 Å². The van der Waals surface area contributed by atoms with Gasteiger partial charge in [0.1, 0.15) is 23.9 Å². The Morgan fingerprint density at radius 1 is 1.11 bits per heavy atom. The zero-order chi connectivity index (χ0) is 19.5. The summed E-state index contributed by atoms with van der Waals surface area (Å²) >= 11 is 0. The number of ether oxygens (including phenoxy) is 3. The first-order valence-electron chi connectivity index (χ1n) is 8.27. The number of carbonyl (C=O) groups excluding carboxylic acids is 1. The number of fused-ring (bicyclic) bond motifs is 1. The minimum atomic E-state index is -0.736. The maximum absolute atomic E-state index is 13.5. The molecule has 0 unspecified atom stereocenters. The third-order valence-electron chi connectivity index (χ3n) is 3.90. The lowest BCUT2D eigenvalue weighted by atomic mass is 10.1. The fraction of sp³-hybridized carbons (Fsp3) is 0.158. The second kappa shape index (κ2) is 7.65. The number of nitrogens with zero attached hydrogens (tertiary/aromatic N) is 1. The molecule has 0 fully saturated rings. The van der Waals surface area contributed by atoms with Gasteiger partial charge in [-0.3, -0.25) is 4.79 Å². The van der Waals surface area contributed by atoms with Crippen LogP contribution in [0.5, 0.6) is 11.5 Å². The highest BCUT2D eigenvalue weighted by atomic mass is 19.1. The Kier molecular flexibility index (Phi) is 4.90. The lowest BCUT2D eigenvalue weighted by Crippen LogP contribution is -2.19. The molecular weight excluding hydrogens is 374 g/mol. The van der Waals surface area contributed by atoms with E-state index in [9.17, 15) is 13.6 Å². The fourth-order valence-corrected chi connectivity index (χ4v) is 2.59. The summed E-state index contributed by atoms with van der Waals surface area (Å²) in [5.74, 6) is -0.233. The van der Waals surface area contributed by atoms with Crippen molar-refractivity contribution < 1.29 is 32.3 Å². The summed E-state index contributed by atoms with van der Waals surface area (Å²) in [4.78, 5) is 11.8. The van der Waals surface area contributed by atoms with E-state index in [-0.39, 0.29) is 25.7 Å².